The van der Waals surface area contributed by atoms with Crippen molar-refractivity contribution in [2.24, 2.45) is 0 Å². The van der Waals surface area contributed by atoms with E-state index in [2.05, 4.69) is 17.0 Å². The molecule has 1 heterocycles. The minimum Gasteiger partial charge on any atom is -0.497 e. The predicted molar refractivity (Wildman–Crippen MR) is 94.0 cm³/mol. The molecular weight excluding hydrogens is 296 g/mol. The summed E-state index contributed by atoms with van der Waals surface area (Å²) < 4.78 is 5.20. The first-order valence-electron chi connectivity index (χ1n) is 7.75. The molecule has 122 valence electrons. The van der Waals surface area contributed by atoms with Crippen molar-refractivity contribution in [2.45, 2.75) is 31.1 Å². The molecular formula is C17H26N2O2S. The van der Waals surface area contributed by atoms with Crippen LogP contribution in [0.25, 0.3) is 0 Å². The number of hydrogen-bond donors (Lipinski definition) is 0. The van der Waals surface area contributed by atoms with E-state index in [-0.39, 0.29) is 11.2 Å². The highest BCUT2D eigenvalue weighted by Gasteiger charge is 2.27. The maximum atomic E-state index is 12.3. The van der Waals surface area contributed by atoms with Crippen LogP contribution in [0, 0.1) is 0 Å². The van der Waals surface area contributed by atoms with Crippen molar-refractivity contribution in [1.82, 2.24) is 4.90 Å². The topological polar surface area (TPSA) is 32.8 Å². The van der Waals surface area contributed by atoms with Gasteiger partial charge in [-0.15, -0.1) is 0 Å². The van der Waals surface area contributed by atoms with Crippen molar-refractivity contribution in [3.63, 3.8) is 0 Å². The van der Waals surface area contributed by atoms with Gasteiger partial charge in [0.15, 0.2) is 0 Å². The largest absolute Gasteiger partial charge is 0.497 e. The summed E-state index contributed by atoms with van der Waals surface area (Å²) in [5.74, 6) is 1.13. The number of hydrogen-bond acceptors (Lipinski definition) is 4. The molecule has 1 aromatic rings. The molecule has 1 aromatic carbocycles. The van der Waals surface area contributed by atoms with E-state index in [1.807, 2.05) is 37.3 Å². The summed E-state index contributed by atoms with van der Waals surface area (Å²) in [7, 11) is 3.63. The van der Waals surface area contributed by atoms with Gasteiger partial charge in [0, 0.05) is 31.9 Å². The standard InChI is InChI=1S/C17H26N2O2S/c1-13(22-4)17(20)18(2)14-9-11-19(12-10-14)15-5-7-16(21-3)8-6-15/h5-8,13-14H,9-12H2,1-4H3/t13-/m1/s1. The minimum absolute atomic E-state index is 0.0459. The summed E-state index contributed by atoms with van der Waals surface area (Å²) in [5, 5.41) is 0.0459. The Morgan fingerprint density at radius 2 is 1.91 bits per heavy atom. The van der Waals surface area contributed by atoms with E-state index in [0.29, 0.717) is 6.04 Å². The van der Waals surface area contributed by atoms with Crippen LogP contribution in [0.15, 0.2) is 24.3 Å². The minimum atomic E-state index is 0.0459. The van der Waals surface area contributed by atoms with Crippen LogP contribution in [-0.4, -0.2) is 55.6 Å². The van der Waals surface area contributed by atoms with Crippen molar-refractivity contribution in [1.29, 1.82) is 0 Å². The number of amides is 1. The van der Waals surface area contributed by atoms with E-state index in [4.69, 9.17) is 4.74 Å². The van der Waals surface area contributed by atoms with Crippen LogP contribution in [0.2, 0.25) is 0 Å². The average molecular weight is 322 g/mol. The van der Waals surface area contributed by atoms with Gasteiger partial charge in [0.1, 0.15) is 5.75 Å². The SMILES string of the molecule is COc1ccc(N2CCC(N(C)C(=O)[C@@H](C)SC)CC2)cc1. The van der Waals surface area contributed by atoms with Gasteiger partial charge in [-0.25, -0.2) is 0 Å². The molecule has 1 fully saturated rings. The molecule has 0 saturated carbocycles. The van der Waals surface area contributed by atoms with E-state index < -0.39 is 0 Å². The van der Waals surface area contributed by atoms with E-state index in [9.17, 15) is 4.79 Å². The number of thioether (sulfide) groups is 1. The van der Waals surface area contributed by atoms with Gasteiger partial charge in [-0.1, -0.05) is 0 Å². The lowest BCUT2D eigenvalue weighted by molar-refractivity contribution is -0.131. The van der Waals surface area contributed by atoms with Crippen molar-refractivity contribution in [2.75, 3.05) is 38.4 Å². The molecule has 0 unspecified atom stereocenters. The second-order valence-corrected chi connectivity index (χ2v) is 6.92. The van der Waals surface area contributed by atoms with Crippen molar-refractivity contribution in [3.8, 4) is 5.75 Å². The first-order valence-corrected chi connectivity index (χ1v) is 9.04. The zero-order chi connectivity index (χ0) is 16.1. The number of carbonyl (C=O) groups is 1. The third-order valence-corrected chi connectivity index (χ3v) is 5.41. The molecule has 1 aliphatic heterocycles. The smallest absolute Gasteiger partial charge is 0.235 e. The zero-order valence-electron chi connectivity index (χ0n) is 13.9. The number of nitrogens with zero attached hydrogens (tertiary/aromatic N) is 2. The molecule has 2 rings (SSSR count). The quantitative estimate of drug-likeness (QED) is 0.834. The van der Waals surface area contributed by atoms with Crippen molar-refractivity contribution in [3.05, 3.63) is 24.3 Å². The normalized spacial score (nSPS) is 17.2. The van der Waals surface area contributed by atoms with Crippen LogP contribution < -0.4 is 9.64 Å². The summed E-state index contributed by atoms with van der Waals surface area (Å²) in [4.78, 5) is 16.6. The van der Waals surface area contributed by atoms with Crippen molar-refractivity contribution >= 4 is 23.4 Å². The zero-order valence-corrected chi connectivity index (χ0v) is 14.7. The lowest BCUT2D eigenvalue weighted by Gasteiger charge is -2.38. The summed E-state index contributed by atoms with van der Waals surface area (Å²) in [6, 6.07) is 8.55. The first kappa shape index (κ1) is 17.0. The lowest BCUT2D eigenvalue weighted by Crippen LogP contribution is -2.47. The predicted octanol–water partition coefficient (Wildman–Crippen LogP) is 2.87. The van der Waals surface area contributed by atoms with E-state index in [1.54, 1.807) is 18.9 Å². The Labute approximate surface area is 137 Å². The van der Waals surface area contributed by atoms with Gasteiger partial charge in [-0.05, 0) is 50.3 Å². The van der Waals surface area contributed by atoms with Crippen LogP contribution in [0.5, 0.6) is 5.75 Å². The highest BCUT2D eigenvalue weighted by molar-refractivity contribution is 7.99. The number of benzene rings is 1. The van der Waals surface area contributed by atoms with Crippen LogP contribution >= 0.6 is 11.8 Å². The Morgan fingerprint density at radius 3 is 2.41 bits per heavy atom. The van der Waals surface area contributed by atoms with Crippen LogP contribution in [0.3, 0.4) is 0 Å². The summed E-state index contributed by atoms with van der Waals surface area (Å²) in [5.41, 5.74) is 1.23. The Kier molecular flexibility index (Phi) is 6.00. The Morgan fingerprint density at radius 1 is 1.32 bits per heavy atom. The molecule has 1 aliphatic rings. The van der Waals surface area contributed by atoms with Gasteiger partial charge >= 0.3 is 0 Å². The Bertz CT molecular complexity index is 484. The highest BCUT2D eigenvalue weighted by Crippen LogP contribution is 2.25. The second-order valence-electron chi connectivity index (χ2n) is 5.74. The molecule has 1 atom stereocenters. The molecule has 1 saturated heterocycles. The number of rotatable bonds is 5. The second kappa shape index (κ2) is 7.77. The first-order chi connectivity index (χ1) is 10.6. The molecule has 0 bridgehead atoms. The molecule has 1 amide bonds. The molecule has 0 aromatic heterocycles. The van der Waals surface area contributed by atoms with Crippen LogP contribution in [0.4, 0.5) is 5.69 Å². The molecule has 22 heavy (non-hydrogen) atoms. The van der Waals surface area contributed by atoms with E-state index in [0.717, 1.165) is 31.7 Å². The number of methoxy groups -OCH3 is 1. The fourth-order valence-electron chi connectivity index (χ4n) is 2.87. The maximum absolute atomic E-state index is 12.3. The van der Waals surface area contributed by atoms with Crippen LogP contribution in [0.1, 0.15) is 19.8 Å². The van der Waals surface area contributed by atoms with Gasteiger partial charge in [0.05, 0.1) is 12.4 Å². The highest BCUT2D eigenvalue weighted by atomic mass is 32.2. The molecule has 0 N–H and O–H groups in total. The maximum Gasteiger partial charge on any atom is 0.235 e. The fraction of sp³-hybridized carbons (Fsp3) is 0.588. The summed E-state index contributed by atoms with van der Waals surface area (Å²) >= 11 is 1.61. The van der Waals surface area contributed by atoms with Gasteiger partial charge < -0.3 is 14.5 Å². The Balaban J connectivity index is 1.90. The van der Waals surface area contributed by atoms with Gasteiger partial charge in [0.25, 0.3) is 0 Å². The molecule has 4 nitrogen and oxygen atoms in total. The van der Waals surface area contributed by atoms with Gasteiger partial charge in [-0.3, -0.25) is 4.79 Å². The number of anilines is 1. The third-order valence-electron chi connectivity index (χ3n) is 4.50. The molecule has 0 aliphatic carbocycles. The fourth-order valence-corrected chi connectivity index (χ4v) is 3.24. The van der Waals surface area contributed by atoms with E-state index >= 15 is 0 Å². The monoisotopic (exact) mass is 322 g/mol. The molecule has 5 heteroatoms. The third kappa shape index (κ3) is 3.88. The number of ether oxygens (including phenoxy) is 1. The number of piperidine rings is 1. The summed E-state index contributed by atoms with van der Waals surface area (Å²) in [6.07, 6.45) is 4.04. The molecule has 0 spiro atoms. The average Bonchev–Trinajstić information content (AvgIpc) is 2.60. The summed E-state index contributed by atoms with van der Waals surface area (Å²) in [6.45, 7) is 3.96. The molecule has 0 radical (unpaired) electrons. The van der Waals surface area contributed by atoms with Crippen LogP contribution in [-0.2, 0) is 4.79 Å². The van der Waals surface area contributed by atoms with Gasteiger partial charge in [-0.2, -0.15) is 11.8 Å². The van der Waals surface area contributed by atoms with Gasteiger partial charge in [0.2, 0.25) is 5.91 Å². The van der Waals surface area contributed by atoms with E-state index in [1.165, 1.54) is 5.69 Å². The Hall–Kier alpha value is -1.36. The number of carbonyl (C=O) groups excluding carboxylic acids is 1. The lowest BCUT2D eigenvalue weighted by atomic mass is 10.0. The van der Waals surface area contributed by atoms with Crippen molar-refractivity contribution < 1.29 is 9.53 Å².